The maximum Gasteiger partial charge on any atom is 0.341 e. The van der Waals surface area contributed by atoms with Crippen LogP contribution in [0.15, 0.2) is 35.4 Å². The van der Waals surface area contributed by atoms with Crippen LogP contribution in [0.5, 0.6) is 0 Å². The predicted octanol–water partition coefficient (Wildman–Crippen LogP) is 2.49. The molecule has 2 heterocycles. The van der Waals surface area contributed by atoms with E-state index in [-0.39, 0.29) is 28.9 Å². The summed E-state index contributed by atoms with van der Waals surface area (Å²) in [5.74, 6) is -0.222. The van der Waals surface area contributed by atoms with Crippen LogP contribution in [0.4, 0.5) is 11.5 Å². The molecule has 1 saturated carbocycles. The largest absolute Gasteiger partial charge is 0.465 e. The number of rotatable bonds is 5. The first-order valence-corrected chi connectivity index (χ1v) is 9.47. The number of ether oxygens (including phenoxy) is 1. The van der Waals surface area contributed by atoms with Gasteiger partial charge in [0.1, 0.15) is 11.4 Å². The minimum Gasteiger partial charge on any atom is -0.465 e. The molecule has 4 rings (SSSR count). The monoisotopic (exact) mass is 394 g/mol. The molecule has 8 heteroatoms. The number of hydrogen-bond donors (Lipinski definition) is 2. The molecule has 0 spiro atoms. The Hall–Kier alpha value is -3.42. The summed E-state index contributed by atoms with van der Waals surface area (Å²) in [6.07, 6.45) is 6.80. The Morgan fingerprint density at radius 3 is 2.76 bits per heavy atom. The van der Waals surface area contributed by atoms with E-state index in [9.17, 15) is 14.4 Å². The first kappa shape index (κ1) is 18.9. The molecule has 2 aromatic heterocycles. The molecular formula is C21H22N4O4. The summed E-state index contributed by atoms with van der Waals surface area (Å²) in [6.45, 7) is 2.00. The van der Waals surface area contributed by atoms with Crippen molar-refractivity contribution in [1.29, 1.82) is 0 Å². The second kappa shape index (κ2) is 7.20. The Balaban J connectivity index is 1.71. The molecule has 2 aliphatic rings. The maximum atomic E-state index is 12.7. The van der Waals surface area contributed by atoms with Gasteiger partial charge in [-0.05, 0) is 24.5 Å². The van der Waals surface area contributed by atoms with Crippen molar-refractivity contribution >= 4 is 29.1 Å². The van der Waals surface area contributed by atoms with Gasteiger partial charge in [-0.15, -0.1) is 0 Å². The van der Waals surface area contributed by atoms with Gasteiger partial charge in [0.2, 0.25) is 5.91 Å². The summed E-state index contributed by atoms with van der Waals surface area (Å²) in [5.41, 5.74) is 2.61. The molecule has 0 aromatic carbocycles. The molecule has 1 fully saturated rings. The number of aromatic nitrogens is 2. The zero-order chi connectivity index (χ0) is 20.7. The van der Waals surface area contributed by atoms with E-state index in [1.54, 1.807) is 19.3 Å². The van der Waals surface area contributed by atoms with Gasteiger partial charge in [-0.25, -0.2) is 9.78 Å². The van der Waals surface area contributed by atoms with E-state index in [1.165, 1.54) is 17.9 Å². The topological polar surface area (TPSA) is 102 Å². The maximum absolute atomic E-state index is 12.7. The standard InChI is InChI=1S/C21H22N4O4/c1-11-8-16(18-13(11)6-7-25(2)20(18)27)23-15-9-17(24-19(26)12-4-5-12)22-10-14(15)21(28)29-3/h6-12H,4-5H2,1-3H3,(H2,22,23,24,26). The molecule has 2 aromatic rings. The number of carbonyl (C=O) groups is 2. The number of hydrogen-bond acceptors (Lipinski definition) is 6. The van der Waals surface area contributed by atoms with E-state index >= 15 is 0 Å². The van der Waals surface area contributed by atoms with Gasteiger partial charge >= 0.3 is 5.97 Å². The summed E-state index contributed by atoms with van der Waals surface area (Å²) in [7, 11) is 2.98. The highest BCUT2D eigenvalue weighted by Crippen LogP contribution is 2.35. The molecule has 2 aliphatic carbocycles. The van der Waals surface area contributed by atoms with Crippen LogP contribution in [-0.4, -0.2) is 28.5 Å². The van der Waals surface area contributed by atoms with Gasteiger partial charge < -0.3 is 19.9 Å². The average Bonchev–Trinajstić information content (AvgIpc) is 3.50. The number of anilines is 2. The van der Waals surface area contributed by atoms with Gasteiger partial charge in [0.15, 0.2) is 0 Å². The molecule has 0 aliphatic heterocycles. The number of allylic oxidation sites excluding steroid dienone is 1. The van der Waals surface area contributed by atoms with Crippen molar-refractivity contribution in [3.63, 3.8) is 0 Å². The normalized spacial score (nSPS) is 17.3. The molecule has 1 amide bonds. The molecule has 0 bridgehead atoms. The fourth-order valence-electron chi connectivity index (χ4n) is 3.44. The highest BCUT2D eigenvalue weighted by Gasteiger charge is 2.30. The SMILES string of the molecule is COC(=O)c1cnc(NC(=O)C2CC2)cc1NC1=CC(C)c2ccn(C)c(=O)c21. The summed E-state index contributed by atoms with van der Waals surface area (Å²) < 4.78 is 6.37. The van der Waals surface area contributed by atoms with Gasteiger partial charge in [-0.2, -0.15) is 0 Å². The van der Waals surface area contributed by atoms with Crippen LogP contribution in [0.1, 0.15) is 47.2 Å². The van der Waals surface area contributed by atoms with Crippen LogP contribution in [0, 0.1) is 5.92 Å². The third kappa shape index (κ3) is 3.53. The van der Waals surface area contributed by atoms with Gasteiger partial charge in [0, 0.05) is 43.0 Å². The predicted molar refractivity (Wildman–Crippen MR) is 109 cm³/mol. The molecule has 8 nitrogen and oxygen atoms in total. The van der Waals surface area contributed by atoms with Crippen LogP contribution in [0.25, 0.3) is 5.70 Å². The molecule has 0 saturated heterocycles. The van der Waals surface area contributed by atoms with Crippen LogP contribution >= 0.6 is 0 Å². The third-order valence-corrected chi connectivity index (χ3v) is 5.26. The summed E-state index contributed by atoms with van der Waals surface area (Å²) in [5, 5.41) is 5.97. The highest BCUT2D eigenvalue weighted by molar-refractivity contribution is 6.00. The fraction of sp³-hybridized carbons (Fsp3) is 0.333. The van der Waals surface area contributed by atoms with Crippen molar-refractivity contribution in [2.75, 3.05) is 17.7 Å². The molecule has 29 heavy (non-hydrogen) atoms. The van der Waals surface area contributed by atoms with Gasteiger partial charge in [0.05, 0.1) is 18.4 Å². The lowest BCUT2D eigenvalue weighted by Crippen LogP contribution is -2.22. The van der Waals surface area contributed by atoms with Crippen molar-refractivity contribution in [2.45, 2.75) is 25.7 Å². The van der Waals surface area contributed by atoms with Crippen molar-refractivity contribution < 1.29 is 14.3 Å². The van der Waals surface area contributed by atoms with E-state index in [2.05, 4.69) is 15.6 Å². The number of amides is 1. The Bertz CT molecular complexity index is 1100. The zero-order valence-corrected chi connectivity index (χ0v) is 16.5. The molecular weight excluding hydrogens is 372 g/mol. The molecule has 1 unspecified atom stereocenters. The Kier molecular flexibility index (Phi) is 4.70. The lowest BCUT2D eigenvalue weighted by atomic mass is 10.0. The Labute approximate surface area is 167 Å². The second-order valence-corrected chi connectivity index (χ2v) is 7.43. The fourth-order valence-corrected chi connectivity index (χ4v) is 3.44. The minimum atomic E-state index is -0.562. The molecule has 2 N–H and O–H groups in total. The van der Waals surface area contributed by atoms with E-state index in [0.717, 1.165) is 18.4 Å². The van der Waals surface area contributed by atoms with Crippen LogP contribution in [0.3, 0.4) is 0 Å². The van der Waals surface area contributed by atoms with Crippen molar-refractivity contribution in [2.24, 2.45) is 13.0 Å². The Morgan fingerprint density at radius 1 is 1.31 bits per heavy atom. The van der Waals surface area contributed by atoms with Crippen LogP contribution in [-0.2, 0) is 16.6 Å². The molecule has 150 valence electrons. The Morgan fingerprint density at radius 2 is 2.07 bits per heavy atom. The number of esters is 1. The van der Waals surface area contributed by atoms with Crippen molar-refractivity contribution in [3.8, 4) is 0 Å². The molecule has 0 radical (unpaired) electrons. The first-order chi connectivity index (χ1) is 13.9. The van der Waals surface area contributed by atoms with Gasteiger partial charge in [-0.3, -0.25) is 9.59 Å². The van der Waals surface area contributed by atoms with E-state index in [0.29, 0.717) is 22.8 Å². The smallest absolute Gasteiger partial charge is 0.341 e. The number of nitrogens with one attached hydrogen (secondary N) is 2. The summed E-state index contributed by atoms with van der Waals surface area (Å²) in [4.78, 5) is 41.2. The van der Waals surface area contributed by atoms with E-state index in [1.807, 2.05) is 19.1 Å². The molecule has 1 atom stereocenters. The van der Waals surface area contributed by atoms with Crippen LogP contribution in [0.2, 0.25) is 0 Å². The van der Waals surface area contributed by atoms with Gasteiger partial charge in [0.25, 0.3) is 5.56 Å². The number of fused-ring (bicyclic) bond motifs is 1. The minimum absolute atomic E-state index is 0.0294. The van der Waals surface area contributed by atoms with E-state index in [4.69, 9.17) is 4.74 Å². The number of aryl methyl sites for hydroxylation is 1. The quantitative estimate of drug-likeness (QED) is 0.756. The number of pyridine rings is 2. The highest BCUT2D eigenvalue weighted by atomic mass is 16.5. The summed E-state index contributed by atoms with van der Waals surface area (Å²) >= 11 is 0. The van der Waals surface area contributed by atoms with Crippen LogP contribution < -0.4 is 16.2 Å². The average molecular weight is 394 g/mol. The van der Waals surface area contributed by atoms with Gasteiger partial charge in [-0.1, -0.05) is 13.0 Å². The number of methoxy groups -OCH3 is 1. The zero-order valence-electron chi connectivity index (χ0n) is 16.5. The van der Waals surface area contributed by atoms with Crippen molar-refractivity contribution in [1.82, 2.24) is 9.55 Å². The van der Waals surface area contributed by atoms with E-state index < -0.39 is 5.97 Å². The second-order valence-electron chi connectivity index (χ2n) is 7.43. The van der Waals surface area contributed by atoms with Crippen molar-refractivity contribution in [3.05, 3.63) is 57.6 Å². The number of nitrogens with zero attached hydrogens (tertiary/aromatic N) is 2. The lowest BCUT2D eigenvalue weighted by molar-refractivity contribution is -0.117. The lowest BCUT2D eigenvalue weighted by Gasteiger charge is -2.14. The number of carbonyl (C=O) groups excluding carboxylic acids is 2. The summed E-state index contributed by atoms with van der Waals surface area (Å²) in [6, 6.07) is 3.51. The third-order valence-electron chi connectivity index (χ3n) is 5.26. The first-order valence-electron chi connectivity index (χ1n) is 9.47.